The first kappa shape index (κ1) is 13.5. The molecule has 100 valence electrons. The number of carbonyl (C=O) groups is 1. The second-order valence-corrected chi connectivity index (χ2v) is 5.45. The van der Waals surface area contributed by atoms with Crippen LogP contribution in [0, 0.1) is 11.7 Å². The first-order valence-electron chi connectivity index (χ1n) is 5.80. The Kier molecular flexibility index (Phi) is 4.16. The molecule has 0 atom stereocenters. The van der Waals surface area contributed by atoms with E-state index in [0.717, 1.165) is 11.4 Å². The quantitative estimate of drug-likeness (QED) is 0.934. The normalized spacial score (nSPS) is 10.7. The summed E-state index contributed by atoms with van der Waals surface area (Å²) in [4.78, 5) is 15.5. The lowest BCUT2D eigenvalue weighted by atomic mass is 10.1. The highest BCUT2D eigenvalue weighted by molar-refractivity contribution is 7.15. The average molecular weight is 280 g/mol. The first-order valence-corrected chi connectivity index (χ1v) is 6.62. The van der Waals surface area contributed by atoms with Crippen molar-refractivity contribution in [3.63, 3.8) is 0 Å². The highest BCUT2D eigenvalue weighted by Crippen LogP contribution is 2.19. The van der Waals surface area contributed by atoms with Crippen molar-refractivity contribution in [2.45, 2.75) is 20.3 Å². The number of hydrogen-bond donors (Lipinski definition) is 1. The summed E-state index contributed by atoms with van der Waals surface area (Å²) in [5.74, 6) is -0.818. The number of anilines is 1. The Balaban J connectivity index is 2.07. The van der Waals surface area contributed by atoms with Crippen LogP contribution in [0.15, 0.2) is 18.3 Å². The zero-order chi connectivity index (χ0) is 13.8. The van der Waals surface area contributed by atoms with Crippen LogP contribution < -0.4 is 5.32 Å². The number of aromatic nitrogens is 3. The first-order chi connectivity index (χ1) is 9.06. The van der Waals surface area contributed by atoms with Gasteiger partial charge in [-0.1, -0.05) is 25.2 Å². The van der Waals surface area contributed by atoms with Crippen molar-refractivity contribution >= 4 is 22.4 Å². The molecule has 19 heavy (non-hydrogen) atoms. The van der Waals surface area contributed by atoms with Gasteiger partial charge < -0.3 is 0 Å². The van der Waals surface area contributed by atoms with Crippen LogP contribution in [0.1, 0.15) is 29.3 Å². The summed E-state index contributed by atoms with van der Waals surface area (Å²) in [6.07, 6.45) is 2.16. The summed E-state index contributed by atoms with van der Waals surface area (Å²) in [7, 11) is 0. The zero-order valence-corrected chi connectivity index (χ0v) is 11.4. The SMILES string of the molecule is CC(C)Cc1nnc(NC(=O)c2ncccc2F)s1. The standard InChI is InChI=1S/C12H13FN4OS/c1-7(2)6-9-16-17-12(19-9)15-11(18)10-8(13)4-3-5-14-10/h3-5,7H,6H2,1-2H3,(H,15,17,18). The molecule has 7 heteroatoms. The van der Waals surface area contributed by atoms with Gasteiger partial charge in [0, 0.05) is 12.6 Å². The lowest BCUT2D eigenvalue weighted by Crippen LogP contribution is -2.15. The predicted octanol–water partition coefficient (Wildman–Crippen LogP) is 2.52. The molecule has 0 saturated carbocycles. The lowest BCUT2D eigenvalue weighted by Gasteiger charge is -2.00. The maximum absolute atomic E-state index is 13.4. The van der Waals surface area contributed by atoms with Crippen LogP contribution >= 0.6 is 11.3 Å². The summed E-state index contributed by atoms with van der Waals surface area (Å²) in [6, 6.07) is 2.62. The van der Waals surface area contributed by atoms with Crippen LogP contribution in [0.2, 0.25) is 0 Å². The molecular formula is C12H13FN4OS. The van der Waals surface area contributed by atoms with E-state index in [2.05, 4.69) is 34.3 Å². The molecule has 1 amide bonds. The fraction of sp³-hybridized carbons (Fsp3) is 0.333. The van der Waals surface area contributed by atoms with Crippen LogP contribution in [0.3, 0.4) is 0 Å². The van der Waals surface area contributed by atoms with Crippen molar-refractivity contribution in [2.75, 3.05) is 5.32 Å². The predicted molar refractivity (Wildman–Crippen MR) is 70.6 cm³/mol. The summed E-state index contributed by atoms with van der Waals surface area (Å²) in [5.41, 5.74) is -0.247. The molecule has 0 radical (unpaired) electrons. The average Bonchev–Trinajstić information content (AvgIpc) is 2.76. The molecule has 2 aromatic rings. The van der Waals surface area contributed by atoms with Crippen molar-refractivity contribution < 1.29 is 9.18 Å². The van der Waals surface area contributed by atoms with Crippen molar-refractivity contribution in [3.8, 4) is 0 Å². The summed E-state index contributed by atoms with van der Waals surface area (Å²) >= 11 is 1.29. The van der Waals surface area contributed by atoms with E-state index in [1.807, 2.05) is 0 Å². The fourth-order valence-electron chi connectivity index (χ4n) is 1.44. The van der Waals surface area contributed by atoms with Crippen molar-refractivity contribution in [2.24, 2.45) is 5.92 Å². The minimum atomic E-state index is -0.660. The molecule has 2 rings (SSSR count). The van der Waals surface area contributed by atoms with Crippen molar-refractivity contribution in [3.05, 3.63) is 34.8 Å². The molecule has 0 aliphatic heterocycles. The fourth-order valence-corrected chi connectivity index (χ4v) is 2.39. The van der Waals surface area contributed by atoms with E-state index in [1.165, 1.54) is 29.7 Å². The van der Waals surface area contributed by atoms with Gasteiger partial charge in [0.2, 0.25) is 5.13 Å². The van der Waals surface area contributed by atoms with Gasteiger partial charge in [-0.25, -0.2) is 9.37 Å². The molecule has 5 nitrogen and oxygen atoms in total. The lowest BCUT2D eigenvalue weighted by molar-refractivity contribution is 0.101. The third kappa shape index (κ3) is 3.54. The van der Waals surface area contributed by atoms with E-state index in [0.29, 0.717) is 11.0 Å². The highest BCUT2D eigenvalue weighted by Gasteiger charge is 2.15. The Morgan fingerprint density at radius 2 is 2.26 bits per heavy atom. The van der Waals surface area contributed by atoms with E-state index in [1.54, 1.807) is 0 Å². The van der Waals surface area contributed by atoms with Gasteiger partial charge in [-0.15, -0.1) is 10.2 Å². The molecule has 2 aromatic heterocycles. The van der Waals surface area contributed by atoms with Crippen LogP contribution in [0.25, 0.3) is 0 Å². The van der Waals surface area contributed by atoms with Gasteiger partial charge in [-0.3, -0.25) is 10.1 Å². The van der Waals surface area contributed by atoms with Crippen LogP contribution in [-0.4, -0.2) is 21.1 Å². The molecule has 0 aliphatic rings. The van der Waals surface area contributed by atoms with E-state index in [9.17, 15) is 9.18 Å². The minimum Gasteiger partial charge on any atom is -0.295 e. The summed E-state index contributed by atoms with van der Waals surface area (Å²) in [6.45, 7) is 4.14. The smallest absolute Gasteiger partial charge is 0.279 e. The van der Waals surface area contributed by atoms with Crippen molar-refractivity contribution in [1.82, 2.24) is 15.2 Å². The van der Waals surface area contributed by atoms with Crippen LogP contribution in [0.5, 0.6) is 0 Å². The van der Waals surface area contributed by atoms with E-state index in [4.69, 9.17) is 0 Å². The molecule has 0 fully saturated rings. The Hall–Kier alpha value is -1.89. The molecule has 2 heterocycles. The molecule has 0 spiro atoms. The monoisotopic (exact) mass is 280 g/mol. The topological polar surface area (TPSA) is 67.8 Å². The van der Waals surface area contributed by atoms with Gasteiger partial charge in [0.05, 0.1) is 0 Å². The third-order valence-electron chi connectivity index (χ3n) is 2.24. The van der Waals surface area contributed by atoms with Gasteiger partial charge in [0.1, 0.15) is 5.01 Å². The molecule has 0 aromatic carbocycles. The Morgan fingerprint density at radius 3 is 2.95 bits per heavy atom. The second-order valence-electron chi connectivity index (χ2n) is 4.39. The summed E-state index contributed by atoms with van der Waals surface area (Å²) in [5, 5.41) is 11.5. The highest BCUT2D eigenvalue weighted by atomic mass is 32.1. The van der Waals surface area contributed by atoms with E-state index >= 15 is 0 Å². The Bertz CT molecular complexity index is 585. The molecular weight excluding hydrogens is 267 g/mol. The van der Waals surface area contributed by atoms with Gasteiger partial charge in [0.25, 0.3) is 5.91 Å². The largest absolute Gasteiger partial charge is 0.295 e. The van der Waals surface area contributed by atoms with E-state index < -0.39 is 11.7 Å². The van der Waals surface area contributed by atoms with E-state index in [-0.39, 0.29) is 5.69 Å². The maximum Gasteiger partial charge on any atom is 0.279 e. The number of pyridine rings is 1. The van der Waals surface area contributed by atoms with Crippen LogP contribution in [0.4, 0.5) is 9.52 Å². The number of amides is 1. The van der Waals surface area contributed by atoms with Gasteiger partial charge in [0.15, 0.2) is 11.5 Å². The Labute approximate surface area is 113 Å². The van der Waals surface area contributed by atoms with Crippen molar-refractivity contribution in [1.29, 1.82) is 0 Å². The molecule has 0 aliphatic carbocycles. The summed E-state index contributed by atoms with van der Waals surface area (Å²) < 4.78 is 13.4. The van der Waals surface area contributed by atoms with Gasteiger partial charge >= 0.3 is 0 Å². The maximum atomic E-state index is 13.4. The minimum absolute atomic E-state index is 0.247. The van der Waals surface area contributed by atoms with Crippen LogP contribution in [-0.2, 0) is 6.42 Å². The zero-order valence-electron chi connectivity index (χ0n) is 10.6. The van der Waals surface area contributed by atoms with Gasteiger partial charge in [-0.05, 0) is 18.1 Å². The molecule has 0 bridgehead atoms. The molecule has 0 saturated heterocycles. The molecule has 0 unspecified atom stereocenters. The third-order valence-corrected chi connectivity index (χ3v) is 3.10. The number of hydrogen-bond acceptors (Lipinski definition) is 5. The molecule has 1 N–H and O–H groups in total. The number of nitrogens with zero attached hydrogens (tertiary/aromatic N) is 3. The Morgan fingerprint density at radius 1 is 1.47 bits per heavy atom. The second kappa shape index (κ2) is 5.83. The van der Waals surface area contributed by atoms with Gasteiger partial charge in [-0.2, -0.15) is 0 Å². The number of carbonyl (C=O) groups excluding carboxylic acids is 1. The number of halogens is 1. The number of rotatable bonds is 4. The number of nitrogens with one attached hydrogen (secondary N) is 1.